The Labute approximate surface area is 111 Å². The Bertz CT molecular complexity index is 227. The van der Waals surface area contributed by atoms with Crippen molar-refractivity contribution in [2.45, 2.75) is 54.8 Å². The summed E-state index contributed by atoms with van der Waals surface area (Å²) in [4.78, 5) is 1.52. The molecule has 0 aromatic heterocycles. The Hall–Kier alpha value is 0.580. The maximum Gasteiger partial charge on any atom is 0.138 e. The number of piperidine rings is 1. The van der Waals surface area contributed by atoms with Crippen LogP contribution < -0.4 is 10.6 Å². The Morgan fingerprint density at radius 3 is 2.81 bits per heavy atom. The molecule has 3 N–H and O–H groups in total. The van der Waals surface area contributed by atoms with E-state index in [0.29, 0.717) is 12.1 Å². The van der Waals surface area contributed by atoms with Crippen molar-refractivity contribution in [3.8, 4) is 0 Å². The quantitative estimate of drug-likeness (QED) is 0.575. The van der Waals surface area contributed by atoms with E-state index < -0.39 is 6.17 Å². The Morgan fingerprint density at radius 1 is 1.25 bits per heavy atom. The predicted molar refractivity (Wildman–Crippen MR) is 72.6 cm³/mol. The van der Waals surface area contributed by atoms with Gasteiger partial charge in [-0.3, -0.25) is 5.73 Å². The first kappa shape index (κ1) is 13.0. The Morgan fingerprint density at radius 2 is 2.06 bits per heavy atom. The van der Waals surface area contributed by atoms with Gasteiger partial charge in [-0.1, -0.05) is 29.0 Å². The van der Waals surface area contributed by atoms with Crippen LogP contribution in [-0.4, -0.2) is 29.4 Å². The summed E-state index contributed by atoms with van der Waals surface area (Å²) in [7, 11) is 0. The maximum atomic E-state index is 13.3. The minimum absolute atomic E-state index is 0.297. The lowest BCUT2D eigenvalue weighted by atomic mass is 9.87. The first-order valence-corrected chi connectivity index (χ1v) is 7.78. The van der Waals surface area contributed by atoms with Gasteiger partial charge < -0.3 is 4.90 Å². The molecule has 2 fully saturated rings. The van der Waals surface area contributed by atoms with Crippen LogP contribution in [-0.2, 0) is 0 Å². The summed E-state index contributed by atoms with van der Waals surface area (Å²) >= 11 is 2.53. The molecule has 0 spiro atoms. The third-order valence-electron chi connectivity index (χ3n) is 4.07. The van der Waals surface area contributed by atoms with Gasteiger partial charge in [0.25, 0.3) is 0 Å². The standard InChI is InChI=1S/C12H22FIN2/c13-10-3-1-2-9(6-10)7-16-8-11(14)4-5-12(16)15/h9-12H,1-8,15H2/p+1. The molecule has 1 aliphatic heterocycles. The van der Waals surface area contributed by atoms with E-state index in [9.17, 15) is 4.39 Å². The van der Waals surface area contributed by atoms with Gasteiger partial charge in [-0.2, -0.15) is 0 Å². The number of nitrogens with two attached hydrogens (primary N) is 1. The first-order chi connectivity index (χ1) is 7.65. The average molecular weight is 341 g/mol. The van der Waals surface area contributed by atoms with Gasteiger partial charge in [0, 0.05) is 12.3 Å². The minimum atomic E-state index is -0.547. The van der Waals surface area contributed by atoms with Crippen molar-refractivity contribution in [2.24, 2.45) is 11.7 Å². The van der Waals surface area contributed by atoms with Crippen LogP contribution in [0.1, 0.15) is 38.5 Å². The summed E-state index contributed by atoms with van der Waals surface area (Å²) < 4.78 is 14.1. The molecule has 5 unspecified atom stereocenters. The number of nitrogens with one attached hydrogen (secondary N) is 1. The third-order valence-corrected chi connectivity index (χ3v) is 5.13. The highest BCUT2D eigenvalue weighted by molar-refractivity contribution is 14.1. The average Bonchev–Trinajstić information content (AvgIpc) is 2.24. The summed E-state index contributed by atoms with van der Waals surface area (Å²) in [6, 6.07) is 0. The number of quaternary nitrogens is 1. The van der Waals surface area contributed by atoms with Crippen LogP contribution in [0.2, 0.25) is 0 Å². The lowest BCUT2D eigenvalue weighted by molar-refractivity contribution is -0.932. The van der Waals surface area contributed by atoms with E-state index in [2.05, 4.69) is 22.6 Å². The molecule has 2 aliphatic rings. The molecule has 4 heteroatoms. The van der Waals surface area contributed by atoms with Crippen LogP contribution in [0.5, 0.6) is 0 Å². The molecule has 2 nitrogen and oxygen atoms in total. The highest BCUT2D eigenvalue weighted by Crippen LogP contribution is 2.25. The van der Waals surface area contributed by atoms with Crippen molar-refractivity contribution in [2.75, 3.05) is 13.1 Å². The predicted octanol–water partition coefficient (Wildman–Crippen LogP) is 1.28. The highest BCUT2D eigenvalue weighted by Gasteiger charge is 2.32. The molecule has 1 saturated carbocycles. The molecule has 1 saturated heterocycles. The zero-order valence-corrected chi connectivity index (χ0v) is 12.0. The second-order valence-electron chi connectivity index (χ2n) is 5.48. The van der Waals surface area contributed by atoms with Crippen molar-refractivity contribution in [3.05, 3.63) is 0 Å². The van der Waals surface area contributed by atoms with E-state index in [1.807, 2.05) is 0 Å². The van der Waals surface area contributed by atoms with E-state index >= 15 is 0 Å². The highest BCUT2D eigenvalue weighted by atomic mass is 127. The molecule has 0 radical (unpaired) electrons. The Balaban J connectivity index is 1.82. The number of likely N-dealkylation sites (tertiary alicyclic amines) is 1. The van der Waals surface area contributed by atoms with Gasteiger partial charge in [-0.05, 0) is 25.7 Å². The first-order valence-electron chi connectivity index (χ1n) is 6.53. The summed E-state index contributed by atoms with van der Waals surface area (Å²) in [5.74, 6) is 0.575. The van der Waals surface area contributed by atoms with E-state index in [0.717, 1.165) is 36.2 Å². The zero-order valence-electron chi connectivity index (χ0n) is 9.80. The number of hydrogen-bond acceptors (Lipinski definition) is 1. The van der Waals surface area contributed by atoms with Crippen molar-refractivity contribution in [1.82, 2.24) is 0 Å². The van der Waals surface area contributed by atoms with Gasteiger partial charge in [-0.15, -0.1) is 0 Å². The van der Waals surface area contributed by atoms with E-state index in [4.69, 9.17) is 5.73 Å². The molecule has 0 aromatic carbocycles. The third kappa shape index (κ3) is 3.53. The van der Waals surface area contributed by atoms with Gasteiger partial charge in [-0.25, -0.2) is 4.39 Å². The van der Waals surface area contributed by atoms with Crippen molar-refractivity contribution in [3.63, 3.8) is 0 Å². The monoisotopic (exact) mass is 341 g/mol. The SMILES string of the molecule is NC1CCC(I)C[NH+]1CC1CCCC(F)C1. The fourth-order valence-electron chi connectivity index (χ4n) is 3.12. The second kappa shape index (κ2) is 5.96. The molecule has 0 aromatic rings. The number of hydrogen-bond donors (Lipinski definition) is 2. The molecular weight excluding hydrogens is 318 g/mol. The van der Waals surface area contributed by atoms with Crippen LogP contribution in [0.4, 0.5) is 4.39 Å². The van der Waals surface area contributed by atoms with Crippen LogP contribution >= 0.6 is 22.6 Å². The van der Waals surface area contributed by atoms with E-state index in [1.54, 1.807) is 0 Å². The molecule has 16 heavy (non-hydrogen) atoms. The summed E-state index contributed by atoms with van der Waals surface area (Å²) in [6.07, 6.45) is 5.98. The molecule has 0 amide bonds. The normalized spacial score (nSPS) is 45.6. The number of alkyl halides is 2. The van der Waals surface area contributed by atoms with Gasteiger partial charge in [0.1, 0.15) is 12.3 Å². The largest absolute Gasteiger partial charge is 0.319 e. The van der Waals surface area contributed by atoms with Crippen molar-refractivity contribution < 1.29 is 9.29 Å². The number of halogens is 2. The molecule has 1 heterocycles. The van der Waals surface area contributed by atoms with Crippen molar-refractivity contribution >= 4 is 22.6 Å². The lowest BCUT2D eigenvalue weighted by Gasteiger charge is -2.36. The van der Waals surface area contributed by atoms with Crippen LogP contribution in [0.3, 0.4) is 0 Å². The molecule has 1 aliphatic carbocycles. The van der Waals surface area contributed by atoms with Gasteiger partial charge in [0.15, 0.2) is 0 Å². The topological polar surface area (TPSA) is 30.5 Å². The maximum absolute atomic E-state index is 13.3. The van der Waals surface area contributed by atoms with Crippen LogP contribution in [0, 0.1) is 5.92 Å². The summed E-state index contributed by atoms with van der Waals surface area (Å²) in [5.41, 5.74) is 6.16. The van der Waals surface area contributed by atoms with Crippen LogP contribution in [0.15, 0.2) is 0 Å². The smallest absolute Gasteiger partial charge is 0.138 e. The van der Waals surface area contributed by atoms with Gasteiger partial charge >= 0.3 is 0 Å². The summed E-state index contributed by atoms with van der Waals surface area (Å²) in [5, 5.41) is 0. The molecule has 94 valence electrons. The zero-order chi connectivity index (χ0) is 11.5. The van der Waals surface area contributed by atoms with Gasteiger partial charge in [0.2, 0.25) is 0 Å². The molecular formula is C12H23FIN2+. The molecule has 0 bridgehead atoms. The molecule has 2 rings (SSSR count). The van der Waals surface area contributed by atoms with Crippen molar-refractivity contribution in [1.29, 1.82) is 0 Å². The van der Waals surface area contributed by atoms with Crippen LogP contribution in [0.25, 0.3) is 0 Å². The van der Waals surface area contributed by atoms with E-state index in [1.165, 1.54) is 24.3 Å². The fraction of sp³-hybridized carbons (Fsp3) is 1.00. The summed E-state index contributed by atoms with van der Waals surface area (Å²) in [6.45, 7) is 2.27. The minimum Gasteiger partial charge on any atom is -0.319 e. The number of rotatable bonds is 2. The second-order valence-corrected chi connectivity index (χ2v) is 7.24. The molecule has 5 atom stereocenters. The lowest BCUT2D eigenvalue weighted by Crippen LogP contribution is -3.19. The fourth-order valence-corrected chi connectivity index (χ4v) is 4.04. The van der Waals surface area contributed by atoms with E-state index in [-0.39, 0.29) is 0 Å². The Kier molecular flexibility index (Phi) is 4.85. The van der Waals surface area contributed by atoms with Gasteiger partial charge in [0.05, 0.1) is 17.0 Å².